The molecule has 1 aliphatic rings. The third-order valence-electron chi connectivity index (χ3n) is 3.41. The summed E-state index contributed by atoms with van der Waals surface area (Å²) in [5.41, 5.74) is 0.445. The lowest BCUT2D eigenvalue weighted by molar-refractivity contribution is 0.0776. The van der Waals surface area contributed by atoms with Crippen LogP contribution in [0.15, 0.2) is 24.7 Å². The lowest BCUT2D eigenvalue weighted by Gasteiger charge is -2.19. The Morgan fingerprint density at radius 3 is 3.15 bits per heavy atom. The van der Waals surface area contributed by atoms with Gasteiger partial charge in [0.05, 0.1) is 11.1 Å². The van der Waals surface area contributed by atoms with Crippen molar-refractivity contribution in [2.45, 2.75) is 18.6 Å². The molecule has 3 rings (SSSR count). The molecule has 0 aromatic carbocycles. The summed E-state index contributed by atoms with van der Waals surface area (Å²) in [6.07, 6.45) is 5.71. The van der Waals surface area contributed by atoms with Gasteiger partial charge in [0, 0.05) is 32.2 Å². The van der Waals surface area contributed by atoms with Crippen LogP contribution in [0.5, 0.6) is 0 Å². The van der Waals surface area contributed by atoms with Crippen molar-refractivity contribution in [1.29, 1.82) is 0 Å². The molecule has 2 N–H and O–H groups in total. The summed E-state index contributed by atoms with van der Waals surface area (Å²) >= 11 is 5.80. The van der Waals surface area contributed by atoms with Crippen LogP contribution in [0, 0.1) is 0 Å². The van der Waals surface area contributed by atoms with Crippen molar-refractivity contribution in [2.24, 2.45) is 7.05 Å². The zero-order valence-corrected chi connectivity index (χ0v) is 11.7. The molecule has 1 saturated heterocycles. The topological polar surface area (TPSA) is 71.9 Å². The van der Waals surface area contributed by atoms with Gasteiger partial charge in [0.25, 0.3) is 5.91 Å². The number of aromatic amines is 1. The SMILES string of the molecule is Cn1ccnc1[C@H]1OCC[C@@H]1NC(=O)c1cc(Cl)c[nH]1. The van der Waals surface area contributed by atoms with Crippen LogP contribution in [0.25, 0.3) is 0 Å². The van der Waals surface area contributed by atoms with Gasteiger partial charge < -0.3 is 19.6 Å². The summed E-state index contributed by atoms with van der Waals surface area (Å²) in [6.45, 7) is 0.605. The zero-order chi connectivity index (χ0) is 14.1. The Hall–Kier alpha value is -1.79. The van der Waals surface area contributed by atoms with Crippen LogP contribution in [-0.2, 0) is 11.8 Å². The van der Waals surface area contributed by atoms with E-state index in [-0.39, 0.29) is 18.1 Å². The average molecular weight is 295 g/mol. The molecular formula is C13H15ClN4O2. The van der Waals surface area contributed by atoms with E-state index in [9.17, 15) is 4.79 Å². The highest BCUT2D eigenvalue weighted by Crippen LogP contribution is 2.28. The Morgan fingerprint density at radius 2 is 2.50 bits per heavy atom. The molecule has 2 atom stereocenters. The first-order chi connectivity index (χ1) is 9.65. The van der Waals surface area contributed by atoms with Gasteiger partial charge in [-0.05, 0) is 12.5 Å². The van der Waals surface area contributed by atoms with Crippen LogP contribution in [0.1, 0.15) is 28.8 Å². The molecule has 20 heavy (non-hydrogen) atoms. The number of carbonyl (C=O) groups is 1. The molecule has 1 amide bonds. The first-order valence-electron chi connectivity index (χ1n) is 6.39. The predicted octanol–water partition coefficient (Wildman–Crippen LogP) is 1.66. The number of imidazole rings is 1. The number of nitrogens with zero attached hydrogens (tertiary/aromatic N) is 2. The molecule has 2 aromatic rings. The molecule has 7 heteroatoms. The van der Waals surface area contributed by atoms with E-state index in [0.717, 1.165) is 12.2 Å². The maximum absolute atomic E-state index is 12.1. The van der Waals surface area contributed by atoms with Crippen LogP contribution in [0.2, 0.25) is 5.02 Å². The molecule has 0 spiro atoms. The minimum atomic E-state index is -0.218. The predicted molar refractivity (Wildman–Crippen MR) is 73.6 cm³/mol. The van der Waals surface area contributed by atoms with Gasteiger partial charge >= 0.3 is 0 Å². The number of nitrogens with one attached hydrogen (secondary N) is 2. The van der Waals surface area contributed by atoms with Gasteiger partial charge in [0.1, 0.15) is 17.6 Å². The number of aromatic nitrogens is 3. The normalized spacial score (nSPS) is 22.1. The second-order valence-electron chi connectivity index (χ2n) is 4.79. The summed E-state index contributed by atoms with van der Waals surface area (Å²) in [5.74, 6) is 0.629. The number of hydrogen-bond donors (Lipinski definition) is 2. The number of halogens is 1. The van der Waals surface area contributed by atoms with Gasteiger partial charge in [-0.1, -0.05) is 11.6 Å². The minimum absolute atomic E-state index is 0.0920. The number of H-pyrrole nitrogens is 1. The van der Waals surface area contributed by atoms with Gasteiger partial charge in [-0.2, -0.15) is 0 Å². The largest absolute Gasteiger partial charge is 0.368 e. The summed E-state index contributed by atoms with van der Waals surface area (Å²) in [5, 5.41) is 3.48. The van der Waals surface area contributed by atoms with E-state index in [0.29, 0.717) is 17.3 Å². The van der Waals surface area contributed by atoms with E-state index < -0.39 is 0 Å². The molecule has 0 radical (unpaired) electrons. The standard InChI is InChI=1S/C13H15ClN4O2/c1-18-4-3-15-12(18)11-9(2-5-20-11)17-13(19)10-6-8(14)7-16-10/h3-4,6-7,9,11,16H,2,5H2,1H3,(H,17,19)/t9-,11-/m0/s1. The zero-order valence-electron chi connectivity index (χ0n) is 11.0. The van der Waals surface area contributed by atoms with Crippen LogP contribution < -0.4 is 5.32 Å². The number of rotatable bonds is 3. The molecule has 106 valence electrons. The second-order valence-corrected chi connectivity index (χ2v) is 5.22. The second kappa shape index (κ2) is 5.30. The highest BCUT2D eigenvalue weighted by atomic mass is 35.5. The molecule has 1 aliphatic heterocycles. The quantitative estimate of drug-likeness (QED) is 0.904. The van der Waals surface area contributed by atoms with Gasteiger partial charge in [-0.15, -0.1) is 0 Å². The maximum atomic E-state index is 12.1. The number of amides is 1. The molecule has 0 bridgehead atoms. The summed E-state index contributed by atoms with van der Waals surface area (Å²) in [6, 6.07) is 1.51. The van der Waals surface area contributed by atoms with Crippen molar-refractivity contribution in [2.75, 3.05) is 6.61 Å². The molecule has 0 unspecified atom stereocenters. The monoisotopic (exact) mass is 294 g/mol. The van der Waals surface area contributed by atoms with Crippen LogP contribution in [0.3, 0.4) is 0 Å². The molecule has 2 aromatic heterocycles. The van der Waals surface area contributed by atoms with Gasteiger partial charge in [-0.25, -0.2) is 4.98 Å². The Balaban J connectivity index is 1.73. The van der Waals surface area contributed by atoms with Crippen molar-refractivity contribution < 1.29 is 9.53 Å². The van der Waals surface area contributed by atoms with Crippen LogP contribution in [-0.4, -0.2) is 33.1 Å². The van der Waals surface area contributed by atoms with E-state index in [2.05, 4.69) is 15.3 Å². The Morgan fingerprint density at radius 1 is 1.65 bits per heavy atom. The minimum Gasteiger partial charge on any atom is -0.368 e. The van der Waals surface area contributed by atoms with E-state index in [1.165, 1.54) is 0 Å². The third-order valence-corrected chi connectivity index (χ3v) is 3.63. The average Bonchev–Trinajstić information content (AvgIpc) is 3.10. The molecule has 0 saturated carbocycles. The summed E-state index contributed by atoms with van der Waals surface area (Å²) in [7, 11) is 1.91. The lowest BCUT2D eigenvalue weighted by Crippen LogP contribution is -2.37. The number of ether oxygens (including phenoxy) is 1. The van der Waals surface area contributed by atoms with E-state index in [1.54, 1.807) is 18.5 Å². The summed E-state index contributed by atoms with van der Waals surface area (Å²) in [4.78, 5) is 19.3. The van der Waals surface area contributed by atoms with Gasteiger partial charge in [0.15, 0.2) is 0 Å². The Labute approximate surface area is 121 Å². The smallest absolute Gasteiger partial charge is 0.268 e. The van der Waals surface area contributed by atoms with Crippen molar-refractivity contribution in [1.82, 2.24) is 19.9 Å². The molecular weight excluding hydrogens is 280 g/mol. The highest BCUT2D eigenvalue weighted by molar-refractivity contribution is 6.30. The third kappa shape index (κ3) is 2.44. The lowest BCUT2D eigenvalue weighted by atomic mass is 10.1. The van der Waals surface area contributed by atoms with E-state index in [4.69, 9.17) is 16.3 Å². The molecule has 0 aliphatic carbocycles. The van der Waals surface area contributed by atoms with Crippen molar-refractivity contribution in [3.05, 3.63) is 41.2 Å². The van der Waals surface area contributed by atoms with Crippen LogP contribution >= 0.6 is 11.6 Å². The Bertz CT molecular complexity index is 621. The Kier molecular flexibility index (Phi) is 3.50. The number of carbonyl (C=O) groups excluding carboxylic acids is 1. The fraction of sp³-hybridized carbons (Fsp3) is 0.385. The molecule has 6 nitrogen and oxygen atoms in total. The highest BCUT2D eigenvalue weighted by Gasteiger charge is 2.33. The molecule has 3 heterocycles. The van der Waals surface area contributed by atoms with E-state index in [1.807, 2.05) is 17.8 Å². The summed E-state index contributed by atoms with van der Waals surface area (Å²) < 4.78 is 7.60. The van der Waals surface area contributed by atoms with Crippen molar-refractivity contribution in [3.63, 3.8) is 0 Å². The van der Waals surface area contributed by atoms with Crippen LogP contribution in [0.4, 0.5) is 0 Å². The van der Waals surface area contributed by atoms with E-state index >= 15 is 0 Å². The molecule has 1 fully saturated rings. The first-order valence-corrected chi connectivity index (χ1v) is 6.76. The van der Waals surface area contributed by atoms with Gasteiger partial charge in [0.2, 0.25) is 0 Å². The van der Waals surface area contributed by atoms with Gasteiger partial charge in [-0.3, -0.25) is 4.79 Å². The first kappa shape index (κ1) is 13.2. The number of aryl methyl sites for hydroxylation is 1. The fourth-order valence-electron chi connectivity index (χ4n) is 2.39. The maximum Gasteiger partial charge on any atom is 0.268 e. The fourth-order valence-corrected chi connectivity index (χ4v) is 2.55. The van der Waals surface area contributed by atoms with Crippen molar-refractivity contribution in [3.8, 4) is 0 Å². The van der Waals surface area contributed by atoms with Crippen molar-refractivity contribution >= 4 is 17.5 Å². The number of hydrogen-bond acceptors (Lipinski definition) is 3.